The van der Waals surface area contributed by atoms with E-state index in [-0.39, 0.29) is 29.8 Å². The van der Waals surface area contributed by atoms with Crippen LogP contribution in [0.5, 0.6) is 0 Å². The van der Waals surface area contributed by atoms with Crippen molar-refractivity contribution in [2.24, 2.45) is 0 Å². The number of ether oxygens (including phenoxy) is 1. The molecule has 1 fully saturated rings. The lowest BCUT2D eigenvalue weighted by Gasteiger charge is -2.34. The van der Waals surface area contributed by atoms with E-state index < -0.39 is 11.6 Å². The van der Waals surface area contributed by atoms with Crippen molar-refractivity contribution in [2.75, 3.05) is 7.11 Å². The Morgan fingerprint density at radius 1 is 1.39 bits per heavy atom. The van der Waals surface area contributed by atoms with Gasteiger partial charge in [-0.1, -0.05) is 0 Å². The molecule has 1 saturated carbocycles. The molecule has 0 radical (unpaired) electrons. The first-order valence-electron chi connectivity index (χ1n) is 5.78. The van der Waals surface area contributed by atoms with E-state index >= 15 is 0 Å². The molecule has 1 aliphatic rings. The number of nitrogens with zero attached hydrogens (tertiary/aromatic N) is 1. The molecule has 96 valence electrons. The van der Waals surface area contributed by atoms with E-state index in [1.807, 2.05) is 0 Å². The minimum absolute atomic E-state index is 0.00292. The second-order valence-corrected chi connectivity index (χ2v) is 4.44. The van der Waals surface area contributed by atoms with Gasteiger partial charge in [-0.15, -0.1) is 0 Å². The Bertz CT molecular complexity index is 455. The molecule has 3 nitrogen and oxygen atoms in total. The lowest BCUT2D eigenvalue weighted by atomic mass is 9.89. The molecule has 0 atom stereocenters. The van der Waals surface area contributed by atoms with Crippen molar-refractivity contribution < 1.29 is 13.5 Å². The summed E-state index contributed by atoms with van der Waals surface area (Å²) in [5, 5.41) is 11.7. The summed E-state index contributed by atoms with van der Waals surface area (Å²) < 4.78 is 32.2. The van der Waals surface area contributed by atoms with Gasteiger partial charge in [0.25, 0.3) is 0 Å². The van der Waals surface area contributed by atoms with E-state index in [9.17, 15) is 8.78 Å². The number of nitrogens with one attached hydrogen (secondary N) is 1. The smallest absolute Gasteiger partial charge is 0.131 e. The lowest BCUT2D eigenvalue weighted by molar-refractivity contribution is 0.0168. The van der Waals surface area contributed by atoms with Crippen molar-refractivity contribution in [2.45, 2.75) is 31.5 Å². The third-order valence-corrected chi connectivity index (χ3v) is 3.27. The largest absolute Gasteiger partial charge is 0.381 e. The van der Waals surface area contributed by atoms with Gasteiger partial charge in [0, 0.05) is 25.3 Å². The highest BCUT2D eigenvalue weighted by atomic mass is 19.1. The summed E-state index contributed by atoms with van der Waals surface area (Å²) in [6.45, 7) is 0.129. The van der Waals surface area contributed by atoms with Crippen LogP contribution in [0.15, 0.2) is 12.1 Å². The number of halogens is 2. The van der Waals surface area contributed by atoms with Crippen LogP contribution >= 0.6 is 0 Å². The van der Waals surface area contributed by atoms with Crippen LogP contribution in [0.1, 0.15) is 24.0 Å². The topological polar surface area (TPSA) is 45.0 Å². The highest BCUT2D eigenvalue weighted by Crippen LogP contribution is 2.23. The molecule has 1 aromatic carbocycles. The molecule has 0 bridgehead atoms. The number of nitriles is 1. The van der Waals surface area contributed by atoms with Crippen LogP contribution in [0.25, 0.3) is 0 Å². The molecule has 0 saturated heterocycles. The molecule has 0 heterocycles. The second kappa shape index (κ2) is 5.42. The van der Waals surface area contributed by atoms with E-state index in [4.69, 9.17) is 10.00 Å². The van der Waals surface area contributed by atoms with Crippen molar-refractivity contribution in [3.63, 3.8) is 0 Å². The third-order valence-electron chi connectivity index (χ3n) is 3.27. The zero-order valence-corrected chi connectivity index (χ0v) is 10.0. The number of hydrogen-bond acceptors (Lipinski definition) is 3. The molecule has 0 amide bonds. The van der Waals surface area contributed by atoms with Gasteiger partial charge in [-0.2, -0.15) is 5.26 Å². The maximum absolute atomic E-state index is 13.6. The zero-order valence-electron chi connectivity index (χ0n) is 10.0. The van der Waals surface area contributed by atoms with E-state index in [1.165, 1.54) is 0 Å². The highest BCUT2D eigenvalue weighted by molar-refractivity contribution is 5.34. The average molecular weight is 252 g/mol. The molecule has 18 heavy (non-hydrogen) atoms. The summed E-state index contributed by atoms with van der Waals surface area (Å²) in [7, 11) is 1.65. The molecule has 0 aliphatic heterocycles. The summed E-state index contributed by atoms with van der Waals surface area (Å²) in [6.07, 6.45) is 1.96. The summed E-state index contributed by atoms with van der Waals surface area (Å²) in [5.74, 6) is -1.36. The Kier molecular flexibility index (Phi) is 3.90. The van der Waals surface area contributed by atoms with Crippen LogP contribution in [0.2, 0.25) is 0 Å². The quantitative estimate of drug-likeness (QED) is 0.892. The van der Waals surface area contributed by atoms with Gasteiger partial charge in [0.2, 0.25) is 0 Å². The third kappa shape index (κ3) is 2.66. The maximum Gasteiger partial charge on any atom is 0.131 e. The first-order valence-corrected chi connectivity index (χ1v) is 5.78. The molecule has 0 spiro atoms. The van der Waals surface area contributed by atoms with Crippen molar-refractivity contribution in [1.82, 2.24) is 5.32 Å². The SMILES string of the molecule is COC1CC(NCc2c(F)cc(C#N)cc2F)C1. The molecule has 1 aromatic rings. The van der Waals surface area contributed by atoms with Crippen LogP contribution in [0.4, 0.5) is 8.78 Å². The first kappa shape index (κ1) is 12.9. The van der Waals surface area contributed by atoms with Gasteiger partial charge in [0.1, 0.15) is 11.6 Å². The van der Waals surface area contributed by atoms with Crippen molar-refractivity contribution in [3.05, 3.63) is 34.9 Å². The predicted octanol–water partition coefficient (Wildman–Crippen LogP) is 2.10. The van der Waals surface area contributed by atoms with Gasteiger partial charge in [-0.05, 0) is 25.0 Å². The fraction of sp³-hybridized carbons (Fsp3) is 0.462. The molecule has 1 N–H and O–H groups in total. The summed E-state index contributed by atoms with van der Waals surface area (Å²) in [4.78, 5) is 0. The fourth-order valence-corrected chi connectivity index (χ4v) is 2.01. The second-order valence-electron chi connectivity index (χ2n) is 4.44. The molecule has 2 rings (SSSR count). The Balaban J connectivity index is 1.96. The molecule has 1 aliphatic carbocycles. The summed E-state index contributed by atoms with van der Waals surface area (Å²) in [6, 6.07) is 4.07. The predicted molar refractivity (Wildman–Crippen MR) is 61.7 cm³/mol. The number of hydrogen-bond donors (Lipinski definition) is 1. The van der Waals surface area contributed by atoms with Crippen molar-refractivity contribution >= 4 is 0 Å². The van der Waals surface area contributed by atoms with E-state index in [0.29, 0.717) is 0 Å². The van der Waals surface area contributed by atoms with Crippen LogP contribution in [-0.4, -0.2) is 19.3 Å². The standard InChI is InChI=1S/C13H14F2N2O/c1-18-10-4-9(5-10)17-7-11-12(14)2-8(6-16)3-13(11)15/h2-3,9-10,17H,4-5,7H2,1H3. The fourth-order valence-electron chi connectivity index (χ4n) is 2.01. The van der Waals surface area contributed by atoms with Crippen molar-refractivity contribution in [1.29, 1.82) is 5.26 Å². The molecular weight excluding hydrogens is 238 g/mol. The highest BCUT2D eigenvalue weighted by Gasteiger charge is 2.28. The van der Waals surface area contributed by atoms with Crippen LogP contribution < -0.4 is 5.32 Å². The Labute approximate surface area is 104 Å². The lowest BCUT2D eigenvalue weighted by Crippen LogP contribution is -2.44. The molecule has 5 heteroatoms. The van der Waals surface area contributed by atoms with Gasteiger partial charge < -0.3 is 10.1 Å². The van der Waals surface area contributed by atoms with Gasteiger partial charge in [-0.3, -0.25) is 0 Å². The van der Waals surface area contributed by atoms with E-state index in [2.05, 4.69) is 5.32 Å². The number of benzene rings is 1. The molecule has 0 unspecified atom stereocenters. The summed E-state index contributed by atoms with van der Waals surface area (Å²) >= 11 is 0. The van der Waals surface area contributed by atoms with Gasteiger partial charge in [-0.25, -0.2) is 8.78 Å². The molecule has 0 aromatic heterocycles. The average Bonchev–Trinajstić information content (AvgIpc) is 2.29. The Morgan fingerprint density at radius 2 is 2.00 bits per heavy atom. The minimum Gasteiger partial charge on any atom is -0.381 e. The van der Waals surface area contributed by atoms with Crippen molar-refractivity contribution in [3.8, 4) is 6.07 Å². The molecular formula is C13H14F2N2O. The van der Waals surface area contributed by atoms with Crippen LogP contribution in [-0.2, 0) is 11.3 Å². The van der Waals surface area contributed by atoms with Crippen LogP contribution in [0.3, 0.4) is 0 Å². The minimum atomic E-state index is -0.679. The van der Waals surface area contributed by atoms with Gasteiger partial charge in [0.15, 0.2) is 0 Å². The number of rotatable bonds is 4. The maximum atomic E-state index is 13.6. The Morgan fingerprint density at radius 3 is 2.50 bits per heavy atom. The van der Waals surface area contributed by atoms with E-state index in [0.717, 1.165) is 25.0 Å². The van der Waals surface area contributed by atoms with Crippen LogP contribution in [0, 0.1) is 23.0 Å². The number of methoxy groups -OCH3 is 1. The monoisotopic (exact) mass is 252 g/mol. The Hall–Kier alpha value is -1.51. The normalized spacial score (nSPS) is 22.3. The zero-order chi connectivity index (χ0) is 13.1. The van der Waals surface area contributed by atoms with E-state index in [1.54, 1.807) is 13.2 Å². The summed E-state index contributed by atoms with van der Waals surface area (Å²) in [5.41, 5.74) is -0.0216. The first-order chi connectivity index (χ1) is 8.63. The van der Waals surface area contributed by atoms with Gasteiger partial charge in [0.05, 0.1) is 17.7 Å². The van der Waals surface area contributed by atoms with Gasteiger partial charge >= 0.3 is 0 Å².